The van der Waals surface area contributed by atoms with Crippen molar-refractivity contribution in [1.82, 2.24) is 9.39 Å². The van der Waals surface area contributed by atoms with Crippen LogP contribution in [-0.2, 0) is 9.36 Å². The van der Waals surface area contributed by atoms with Gasteiger partial charge in [-0.2, -0.15) is 0 Å². The molecule has 1 aromatic heterocycles. The second-order valence-corrected chi connectivity index (χ2v) is 14.9. The summed E-state index contributed by atoms with van der Waals surface area (Å²) in [7, 11) is -3.29. The Morgan fingerprint density at radius 2 is 1.70 bits per heavy atom. The molecule has 194 valence electrons. The summed E-state index contributed by atoms with van der Waals surface area (Å²) < 4.78 is 22.8. The largest absolute Gasteiger partial charge is 0.468 e. The Morgan fingerprint density at radius 1 is 1.05 bits per heavy atom. The third-order valence-corrected chi connectivity index (χ3v) is 13.7. The van der Waals surface area contributed by atoms with Gasteiger partial charge in [0.05, 0.1) is 24.3 Å². The van der Waals surface area contributed by atoms with Crippen molar-refractivity contribution in [2.75, 3.05) is 5.75 Å². The lowest BCUT2D eigenvalue weighted by Crippen LogP contribution is -2.46. The number of rotatable bonds is 7. The lowest BCUT2D eigenvalue weighted by Gasteiger charge is -2.38. The summed E-state index contributed by atoms with van der Waals surface area (Å²) >= 11 is 1.70. The highest BCUT2D eigenvalue weighted by molar-refractivity contribution is 7.97. The van der Waals surface area contributed by atoms with Crippen LogP contribution in [0, 0.1) is 22.7 Å². The molecule has 3 aromatic rings. The predicted molar refractivity (Wildman–Crippen MR) is 150 cm³/mol. The summed E-state index contributed by atoms with van der Waals surface area (Å²) in [6, 6.07) is 22.5. The van der Waals surface area contributed by atoms with Crippen LogP contribution in [0.15, 0.2) is 83.5 Å². The second-order valence-electron chi connectivity index (χ2n) is 11.5. The molecule has 3 aliphatic rings. The van der Waals surface area contributed by atoms with Crippen LogP contribution < -0.4 is 15.7 Å². The van der Waals surface area contributed by atoms with Gasteiger partial charge in [-0.15, -0.1) is 0 Å². The molecule has 0 radical (unpaired) electrons. The van der Waals surface area contributed by atoms with Crippen molar-refractivity contribution in [2.45, 2.75) is 52.1 Å². The maximum Gasteiger partial charge on any atom is 0.237 e. The number of fused-ring (bicyclic) bond motifs is 1. The maximum absolute atomic E-state index is 14.9. The number of nitrogens with zero attached hydrogens (tertiary/aromatic N) is 1. The molecular formula is C30H35N2O3PS. The topological polar surface area (TPSA) is 62.6 Å². The predicted octanol–water partition coefficient (Wildman–Crippen LogP) is 6.16. The minimum Gasteiger partial charge on any atom is -0.468 e. The first-order valence-electron chi connectivity index (χ1n) is 13.3. The fraction of sp³-hybridized carbons (Fsp3) is 0.433. The maximum atomic E-state index is 14.9. The summed E-state index contributed by atoms with van der Waals surface area (Å²) in [6.07, 6.45) is 5.19. The highest BCUT2D eigenvalue weighted by Crippen LogP contribution is 2.71. The van der Waals surface area contributed by atoms with Crippen molar-refractivity contribution >= 4 is 35.8 Å². The van der Waals surface area contributed by atoms with E-state index in [0.717, 1.165) is 12.2 Å². The minimum absolute atomic E-state index is 0.0943. The van der Waals surface area contributed by atoms with Crippen LogP contribution in [0.4, 0.5) is 0 Å². The number of benzene rings is 2. The quantitative estimate of drug-likeness (QED) is 0.291. The van der Waals surface area contributed by atoms with E-state index in [-0.39, 0.29) is 22.8 Å². The van der Waals surface area contributed by atoms with Crippen LogP contribution in [0.1, 0.15) is 51.8 Å². The Balaban J connectivity index is 1.35. The summed E-state index contributed by atoms with van der Waals surface area (Å²) in [5.74, 6) is 1.94. The molecular weight excluding hydrogens is 499 g/mol. The lowest BCUT2D eigenvalue weighted by atomic mass is 9.69. The molecule has 1 N–H and O–H groups in total. The van der Waals surface area contributed by atoms with E-state index >= 15 is 0 Å². The van der Waals surface area contributed by atoms with E-state index in [4.69, 9.17) is 4.42 Å². The van der Waals surface area contributed by atoms with E-state index < -0.39 is 19.3 Å². The molecule has 5 atom stereocenters. The fourth-order valence-electron chi connectivity index (χ4n) is 7.19. The highest BCUT2D eigenvalue weighted by Gasteiger charge is 2.68. The molecule has 6 rings (SSSR count). The van der Waals surface area contributed by atoms with Gasteiger partial charge in [0.1, 0.15) is 5.76 Å². The van der Waals surface area contributed by atoms with Crippen LogP contribution in [0.2, 0.25) is 0 Å². The van der Waals surface area contributed by atoms with E-state index in [1.807, 2.05) is 79.7 Å². The Bertz CT molecular complexity index is 1270. The Labute approximate surface area is 224 Å². The van der Waals surface area contributed by atoms with Gasteiger partial charge in [0.25, 0.3) is 0 Å². The average Bonchev–Trinajstić information content (AvgIpc) is 3.69. The zero-order chi connectivity index (χ0) is 25.8. The molecule has 3 fully saturated rings. The molecule has 2 saturated carbocycles. The monoisotopic (exact) mass is 534 g/mol. The van der Waals surface area contributed by atoms with Gasteiger partial charge in [-0.1, -0.05) is 57.2 Å². The molecule has 2 bridgehead atoms. The summed E-state index contributed by atoms with van der Waals surface area (Å²) in [4.78, 5) is 14.2. The SMILES string of the molecule is C[C@@H](C(=O)N1SC[C@@]23CC[C@@H](C[C@H]12)C3(C)C)[C@@H](NP(=O)(c1ccccc1)c1ccccc1)c1ccco1. The summed E-state index contributed by atoms with van der Waals surface area (Å²) in [5.41, 5.74) is 0.465. The van der Waals surface area contributed by atoms with Gasteiger partial charge in [0.15, 0.2) is 0 Å². The molecule has 2 heterocycles. The number of amides is 1. The first-order chi connectivity index (χ1) is 17.8. The zero-order valence-electron chi connectivity index (χ0n) is 21.7. The zero-order valence-corrected chi connectivity index (χ0v) is 23.4. The first kappa shape index (κ1) is 25.0. The van der Waals surface area contributed by atoms with E-state index in [1.54, 1.807) is 18.2 Å². The van der Waals surface area contributed by atoms with Gasteiger partial charge in [-0.05, 0) is 78.9 Å². The lowest BCUT2D eigenvalue weighted by molar-refractivity contribution is -0.133. The molecule has 1 amide bonds. The van der Waals surface area contributed by atoms with Gasteiger partial charge in [0, 0.05) is 21.8 Å². The molecule has 1 saturated heterocycles. The van der Waals surface area contributed by atoms with Crippen molar-refractivity contribution in [2.24, 2.45) is 22.7 Å². The van der Waals surface area contributed by atoms with Gasteiger partial charge in [0.2, 0.25) is 13.2 Å². The van der Waals surface area contributed by atoms with Crippen LogP contribution >= 0.6 is 19.2 Å². The number of hydrogen-bond acceptors (Lipinski definition) is 4. The second kappa shape index (κ2) is 9.18. The van der Waals surface area contributed by atoms with Gasteiger partial charge < -0.3 is 4.42 Å². The van der Waals surface area contributed by atoms with Crippen molar-refractivity contribution < 1.29 is 13.8 Å². The van der Waals surface area contributed by atoms with Crippen molar-refractivity contribution in [3.8, 4) is 0 Å². The Morgan fingerprint density at radius 3 is 2.27 bits per heavy atom. The van der Waals surface area contributed by atoms with Crippen LogP contribution in [-0.4, -0.2) is 22.0 Å². The van der Waals surface area contributed by atoms with Crippen LogP contribution in [0.25, 0.3) is 0 Å². The summed E-state index contributed by atoms with van der Waals surface area (Å²) in [6.45, 7) is 6.77. The van der Waals surface area contributed by atoms with E-state index in [0.29, 0.717) is 22.3 Å². The van der Waals surface area contributed by atoms with Crippen LogP contribution in [0.3, 0.4) is 0 Å². The number of carbonyl (C=O) groups excluding carboxylic acids is 1. The fourth-order valence-corrected chi connectivity index (χ4v) is 11.6. The average molecular weight is 535 g/mol. The first-order valence-corrected chi connectivity index (χ1v) is 15.9. The highest BCUT2D eigenvalue weighted by atomic mass is 32.2. The molecule has 7 heteroatoms. The molecule has 37 heavy (non-hydrogen) atoms. The number of nitrogens with one attached hydrogen (secondary N) is 1. The molecule has 2 aromatic carbocycles. The van der Waals surface area contributed by atoms with E-state index in [2.05, 4.69) is 23.2 Å². The third-order valence-electron chi connectivity index (χ3n) is 9.65. The van der Waals surface area contributed by atoms with E-state index in [1.165, 1.54) is 12.8 Å². The third kappa shape index (κ3) is 3.78. The molecule has 1 spiro atoms. The number of carbonyl (C=O) groups is 1. The van der Waals surface area contributed by atoms with Crippen molar-refractivity contribution in [3.63, 3.8) is 0 Å². The molecule has 0 unspecified atom stereocenters. The molecule has 1 aliphatic heterocycles. The van der Waals surface area contributed by atoms with Gasteiger partial charge in [-0.25, -0.2) is 5.09 Å². The van der Waals surface area contributed by atoms with Crippen LogP contribution in [0.5, 0.6) is 0 Å². The Kier molecular flexibility index (Phi) is 6.21. The van der Waals surface area contributed by atoms with Gasteiger partial charge in [-0.3, -0.25) is 13.7 Å². The number of hydrogen-bond donors (Lipinski definition) is 1. The smallest absolute Gasteiger partial charge is 0.237 e. The molecule has 2 aliphatic carbocycles. The molecule has 5 nitrogen and oxygen atoms in total. The number of furan rings is 1. The Hall–Kier alpha value is -2.27. The minimum atomic E-state index is -3.29. The van der Waals surface area contributed by atoms with E-state index in [9.17, 15) is 9.36 Å². The normalized spacial score (nSPS) is 27.7. The standard InChI is InChI=1S/C30H35N2O3PS/c1-21(28(33)32-26-19-22-16-17-30(26,20-37-32)29(22,2)3)27(25-15-10-18-35-25)31-36(34,23-11-6-4-7-12-23)24-13-8-5-9-14-24/h4-15,18,21-22,26-27H,16-17,19-20H2,1-3H3,(H,31,34)/t21-,22+,26+,27-,30+/m1/s1. The summed E-state index contributed by atoms with van der Waals surface area (Å²) in [5, 5.41) is 4.90. The van der Waals surface area contributed by atoms with Crippen molar-refractivity contribution in [3.05, 3.63) is 84.8 Å². The van der Waals surface area contributed by atoms with Crippen molar-refractivity contribution in [1.29, 1.82) is 0 Å². The van der Waals surface area contributed by atoms with Gasteiger partial charge >= 0.3 is 0 Å².